The summed E-state index contributed by atoms with van der Waals surface area (Å²) in [7, 11) is 0. The first-order valence-electron chi connectivity index (χ1n) is 12.2. The van der Waals surface area contributed by atoms with Gasteiger partial charge in [0, 0.05) is 41.3 Å². The van der Waals surface area contributed by atoms with E-state index in [9.17, 15) is 9.59 Å². The van der Waals surface area contributed by atoms with E-state index in [0.717, 1.165) is 73.7 Å². The molecular formula is C26H35N5O3. The van der Waals surface area contributed by atoms with Crippen molar-refractivity contribution in [3.05, 3.63) is 40.9 Å². The molecule has 0 radical (unpaired) electrons. The van der Waals surface area contributed by atoms with Gasteiger partial charge in [-0.1, -0.05) is 24.6 Å². The number of likely N-dealkylation sites (tertiary alicyclic amines) is 1. The molecule has 1 saturated heterocycles. The maximum atomic E-state index is 12.7. The second kappa shape index (κ2) is 10.1. The van der Waals surface area contributed by atoms with Crippen LogP contribution in [0.5, 0.6) is 0 Å². The van der Waals surface area contributed by atoms with Crippen LogP contribution < -0.4 is 5.69 Å². The number of H-pyrrole nitrogens is 1. The van der Waals surface area contributed by atoms with Gasteiger partial charge in [0.2, 0.25) is 0 Å². The summed E-state index contributed by atoms with van der Waals surface area (Å²) in [5.41, 5.74) is 1.77. The maximum absolute atomic E-state index is 12.7. The Labute approximate surface area is 200 Å². The minimum absolute atomic E-state index is 0.154. The summed E-state index contributed by atoms with van der Waals surface area (Å²) in [6.07, 6.45) is 6.38. The highest BCUT2D eigenvalue weighted by Crippen LogP contribution is 2.26. The van der Waals surface area contributed by atoms with Crippen LogP contribution >= 0.6 is 0 Å². The first-order valence-corrected chi connectivity index (χ1v) is 12.2. The Bertz CT molecular complexity index is 1250. The summed E-state index contributed by atoms with van der Waals surface area (Å²) in [4.78, 5) is 38.5. The second-order valence-electron chi connectivity index (χ2n) is 10.2. The third kappa shape index (κ3) is 5.91. The Morgan fingerprint density at radius 3 is 2.79 bits per heavy atom. The molecule has 1 N–H and O–H groups in total. The maximum Gasteiger partial charge on any atom is 0.434 e. The van der Waals surface area contributed by atoms with E-state index in [1.807, 2.05) is 56.7 Å². The van der Waals surface area contributed by atoms with Crippen LogP contribution in [0.2, 0.25) is 0 Å². The minimum Gasteiger partial charge on any atom is -0.442 e. The molecular weight excluding hydrogens is 430 g/mol. The Balaban J connectivity index is 1.26. The number of hydrogen-bond donors (Lipinski definition) is 1. The molecule has 1 fully saturated rings. The van der Waals surface area contributed by atoms with E-state index < -0.39 is 11.7 Å². The van der Waals surface area contributed by atoms with Crippen molar-refractivity contribution in [2.45, 2.75) is 71.4 Å². The molecule has 0 spiro atoms. The molecule has 1 aromatic carbocycles. The molecule has 182 valence electrons. The van der Waals surface area contributed by atoms with Gasteiger partial charge in [0.1, 0.15) is 11.2 Å². The molecule has 3 aromatic rings. The molecule has 2 aromatic heterocycles. The lowest BCUT2D eigenvalue weighted by Crippen LogP contribution is -2.29. The Morgan fingerprint density at radius 2 is 2.00 bits per heavy atom. The van der Waals surface area contributed by atoms with E-state index >= 15 is 0 Å². The number of para-hydroxylation sites is 1. The predicted octanol–water partition coefficient (Wildman–Crippen LogP) is 5.08. The summed E-state index contributed by atoms with van der Waals surface area (Å²) < 4.78 is 7.05. The Hall–Kier alpha value is -3.00. The van der Waals surface area contributed by atoms with E-state index in [-0.39, 0.29) is 11.7 Å². The van der Waals surface area contributed by atoms with Crippen molar-refractivity contribution in [1.29, 1.82) is 0 Å². The van der Waals surface area contributed by atoms with Gasteiger partial charge in [-0.2, -0.15) is 9.98 Å². The number of aromatic nitrogens is 3. The van der Waals surface area contributed by atoms with Crippen LogP contribution in [0.3, 0.4) is 0 Å². The van der Waals surface area contributed by atoms with Crippen LogP contribution in [0.25, 0.3) is 21.9 Å². The van der Waals surface area contributed by atoms with Crippen LogP contribution in [0.4, 0.5) is 4.79 Å². The monoisotopic (exact) mass is 465 g/mol. The van der Waals surface area contributed by atoms with Crippen LogP contribution in [0, 0.1) is 0 Å². The number of carbonyl (C=O) groups excluding carboxylic acids is 1. The zero-order valence-corrected chi connectivity index (χ0v) is 20.6. The lowest BCUT2D eigenvalue weighted by Gasteiger charge is -2.17. The fourth-order valence-corrected chi connectivity index (χ4v) is 4.61. The largest absolute Gasteiger partial charge is 0.442 e. The summed E-state index contributed by atoms with van der Waals surface area (Å²) >= 11 is 0. The lowest BCUT2D eigenvalue weighted by atomic mass is 10.1. The molecule has 3 heterocycles. The number of nitrogens with zero attached hydrogens (tertiary/aromatic N) is 4. The van der Waals surface area contributed by atoms with E-state index in [4.69, 9.17) is 4.74 Å². The zero-order chi connectivity index (χ0) is 24.3. The highest BCUT2D eigenvalue weighted by atomic mass is 16.6. The van der Waals surface area contributed by atoms with Crippen LogP contribution in [0.15, 0.2) is 40.2 Å². The third-order valence-electron chi connectivity index (χ3n) is 6.25. The van der Waals surface area contributed by atoms with Crippen molar-refractivity contribution in [1.82, 2.24) is 19.4 Å². The number of hydrogen-bond acceptors (Lipinski definition) is 5. The summed E-state index contributed by atoms with van der Waals surface area (Å²) in [5.74, 6) is 0. The lowest BCUT2D eigenvalue weighted by molar-refractivity contribution is 0.0604. The number of rotatable bonds is 7. The van der Waals surface area contributed by atoms with Crippen molar-refractivity contribution in [3.63, 3.8) is 0 Å². The summed E-state index contributed by atoms with van der Waals surface area (Å²) in [6.45, 7) is 10.3. The van der Waals surface area contributed by atoms with Crippen LogP contribution in [0.1, 0.15) is 65.8 Å². The normalized spacial score (nSPS) is 17.6. The van der Waals surface area contributed by atoms with Gasteiger partial charge in [-0.3, -0.25) is 4.57 Å². The van der Waals surface area contributed by atoms with E-state index in [2.05, 4.69) is 25.9 Å². The topological polar surface area (TPSA) is 92.6 Å². The third-order valence-corrected chi connectivity index (χ3v) is 6.25. The van der Waals surface area contributed by atoms with Gasteiger partial charge < -0.3 is 14.6 Å². The van der Waals surface area contributed by atoms with Gasteiger partial charge >= 0.3 is 11.8 Å². The smallest absolute Gasteiger partial charge is 0.434 e. The number of benzene rings is 1. The number of amides is 1. The minimum atomic E-state index is -0.517. The van der Waals surface area contributed by atoms with Gasteiger partial charge in [0.05, 0.1) is 6.04 Å². The van der Waals surface area contributed by atoms with Crippen LogP contribution in [-0.2, 0) is 4.74 Å². The highest BCUT2D eigenvalue weighted by Gasteiger charge is 2.25. The first kappa shape index (κ1) is 24.1. The Kier molecular flexibility index (Phi) is 7.16. The summed E-state index contributed by atoms with van der Waals surface area (Å²) in [6, 6.07) is 8.21. The second-order valence-corrected chi connectivity index (χ2v) is 10.2. The molecule has 1 unspecified atom stereocenters. The summed E-state index contributed by atoms with van der Waals surface area (Å²) in [5, 5.41) is 2.09. The van der Waals surface area contributed by atoms with E-state index in [1.54, 1.807) is 0 Å². The van der Waals surface area contributed by atoms with Crippen molar-refractivity contribution in [2.75, 3.05) is 19.6 Å². The van der Waals surface area contributed by atoms with Gasteiger partial charge in [-0.05, 0) is 66.0 Å². The van der Waals surface area contributed by atoms with E-state index in [0.29, 0.717) is 5.65 Å². The van der Waals surface area contributed by atoms with E-state index in [1.165, 1.54) is 0 Å². The number of aromatic amines is 1. The molecule has 0 aliphatic carbocycles. The molecule has 34 heavy (non-hydrogen) atoms. The number of ether oxygens (including phenoxy) is 1. The quantitative estimate of drug-likeness (QED) is 0.388. The average molecular weight is 466 g/mol. The molecule has 8 nitrogen and oxygen atoms in total. The first-order chi connectivity index (χ1) is 16.2. The van der Waals surface area contributed by atoms with Crippen molar-refractivity contribution in [2.24, 2.45) is 4.99 Å². The molecule has 4 rings (SSSR count). The number of nitrogens with one attached hydrogen (secondary N) is 1. The fourth-order valence-electron chi connectivity index (χ4n) is 4.61. The molecule has 8 heteroatoms. The molecule has 0 saturated carbocycles. The molecule has 1 aliphatic heterocycles. The van der Waals surface area contributed by atoms with Gasteiger partial charge in [0.25, 0.3) is 0 Å². The average Bonchev–Trinajstić information content (AvgIpc) is 3.35. The van der Waals surface area contributed by atoms with Crippen molar-refractivity contribution >= 4 is 33.7 Å². The predicted molar refractivity (Wildman–Crippen MR) is 136 cm³/mol. The number of fused-ring (bicyclic) bond motifs is 3. The SMILES string of the molecule is CC(CCCCCN1CCC(n2cc3c(nc2=O)[nH]c2ccccc23)C1)=NC(=O)OC(C)(C)C. The standard InChI is InChI=1S/C26H35N5O3/c1-18(27-25(33)34-26(2,3)4)10-6-5-9-14-30-15-13-19(16-30)31-17-21-20-11-7-8-12-22(20)28-23(21)29-24(31)32/h7-8,11-12,17,19H,5-6,9-10,13-16H2,1-4H3,(H,28,29,32). The number of aliphatic imine (C=N–C) groups is 1. The van der Waals surface area contributed by atoms with Gasteiger partial charge in [-0.15, -0.1) is 0 Å². The van der Waals surface area contributed by atoms with Crippen molar-refractivity contribution in [3.8, 4) is 0 Å². The number of carbonyl (C=O) groups is 1. The molecule has 1 aliphatic rings. The van der Waals surface area contributed by atoms with Gasteiger partial charge in [0.15, 0.2) is 0 Å². The van der Waals surface area contributed by atoms with Crippen LogP contribution in [-0.4, -0.2) is 56.5 Å². The Morgan fingerprint density at radius 1 is 1.21 bits per heavy atom. The van der Waals surface area contributed by atoms with Crippen molar-refractivity contribution < 1.29 is 9.53 Å². The zero-order valence-electron chi connectivity index (χ0n) is 20.6. The number of unbranched alkanes of at least 4 members (excludes halogenated alkanes) is 2. The van der Waals surface area contributed by atoms with Gasteiger partial charge in [-0.25, -0.2) is 9.59 Å². The fraction of sp³-hybridized carbons (Fsp3) is 0.538. The molecule has 0 bridgehead atoms. The molecule has 1 atom stereocenters. The molecule has 1 amide bonds. The highest BCUT2D eigenvalue weighted by molar-refractivity contribution is 6.05.